The second kappa shape index (κ2) is 6.70. The quantitative estimate of drug-likeness (QED) is 0.878. The van der Waals surface area contributed by atoms with Gasteiger partial charge in [0.2, 0.25) is 0 Å². The topological polar surface area (TPSA) is 46.5 Å². The first-order valence-corrected chi connectivity index (χ1v) is 6.31. The highest BCUT2D eigenvalue weighted by atomic mass is 19.1. The van der Waals surface area contributed by atoms with Crippen LogP contribution in [0.15, 0.2) is 48.5 Å². The molecule has 0 saturated carbocycles. The standard InChI is InChI=1S/C16H15FO3/c17-14-6-1-13(2-7-14)11-20-15-8-3-12(4-9-15)5-10-16(18)19/h1-4,6-9H,5,10-11H2,(H,18,19). The van der Waals surface area contributed by atoms with E-state index in [1.807, 2.05) is 12.1 Å². The zero-order chi connectivity index (χ0) is 14.4. The van der Waals surface area contributed by atoms with E-state index in [4.69, 9.17) is 9.84 Å². The Kier molecular flexibility index (Phi) is 4.71. The lowest BCUT2D eigenvalue weighted by atomic mass is 10.1. The molecule has 4 heteroatoms. The van der Waals surface area contributed by atoms with E-state index < -0.39 is 5.97 Å². The summed E-state index contributed by atoms with van der Waals surface area (Å²) in [4.78, 5) is 10.5. The maximum atomic E-state index is 12.7. The first-order chi connectivity index (χ1) is 9.63. The molecule has 0 aliphatic rings. The summed E-state index contributed by atoms with van der Waals surface area (Å²) in [5, 5.41) is 8.61. The van der Waals surface area contributed by atoms with Gasteiger partial charge < -0.3 is 9.84 Å². The summed E-state index contributed by atoms with van der Waals surface area (Å²) in [6.07, 6.45) is 0.628. The van der Waals surface area contributed by atoms with E-state index >= 15 is 0 Å². The van der Waals surface area contributed by atoms with Gasteiger partial charge in [0.15, 0.2) is 0 Å². The number of aryl methyl sites for hydroxylation is 1. The summed E-state index contributed by atoms with van der Waals surface area (Å²) in [7, 11) is 0. The molecule has 0 aliphatic heterocycles. The van der Waals surface area contributed by atoms with Crippen LogP contribution in [0.3, 0.4) is 0 Å². The molecule has 0 heterocycles. The molecular formula is C16H15FO3. The molecular weight excluding hydrogens is 259 g/mol. The normalized spacial score (nSPS) is 10.2. The molecule has 0 fully saturated rings. The third kappa shape index (κ3) is 4.39. The van der Waals surface area contributed by atoms with E-state index in [-0.39, 0.29) is 12.2 Å². The third-order valence-corrected chi connectivity index (χ3v) is 2.87. The van der Waals surface area contributed by atoms with E-state index in [0.717, 1.165) is 11.1 Å². The van der Waals surface area contributed by atoms with Gasteiger partial charge in [0.1, 0.15) is 18.2 Å². The predicted octanol–water partition coefficient (Wildman–Crippen LogP) is 3.42. The molecule has 20 heavy (non-hydrogen) atoms. The van der Waals surface area contributed by atoms with Crippen molar-refractivity contribution in [2.24, 2.45) is 0 Å². The molecule has 0 aromatic heterocycles. The van der Waals surface area contributed by atoms with Crippen LogP contribution >= 0.6 is 0 Å². The lowest BCUT2D eigenvalue weighted by Gasteiger charge is -2.07. The monoisotopic (exact) mass is 274 g/mol. The van der Waals surface area contributed by atoms with Crippen LogP contribution in [0.1, 0.15) is 17.5 Å². The number of hydrogen-bond acceptors (Lipinski definition) is 2. The molecule has 0 spiro atoms. The molecule has 2 aromatic carbocycles. The molecule has 104 valence electrons. The smallest absolute Gasteiger partial charge is 0.303 e. The number of aliphatic carboxylic acids is 1. The summed E-state index contributed by atoms with van der Waals surface area (Å²) in [5.74, 6) is -0.369. The number of ether oxygens (including phenoxy) is 1. The summed E-state index contributed by atoms with van der Waals surface area (Å²) >= 11 is 0. The van der Waals surface area contributed by atoms with E-state index in [0.29, 0.717) is 18.8 Å². The number of benzene rings is 2. The molecule has 0 aliphatic carbocycles. The van der Waals surface area contributed by atoms with Gasteiger partial charge in [-0.05, 0) is 41.8 Å². The van der Waals surface area contributed by atoms with Crippen molar-refractivity contribution in [3.63, 3.8) is 0 Å². The van der Waals surface area contributed by atoms with Gasteiger partial charge in [-0.2, -0.15) is 0 Å². The lowest BCUT2D eigenvalue weighted by molar-refractivity contribution is -0.136. The van der Waals surface area contributed by atoms with Crippen molar-refractivity contribution in [3.8, 4) is 5.75 Å². The maximum Gasteiger partial charge on any atom is 0.303 e. The molecule has 0 atom stereocenters. The van der Waals surface area contributed by atoms with Crippen LogP contribution in [0.2, 0.25) is 0 Å². The minimum Gasteiger partial charge on any atom is -0.489 e. The minimum atomic E-state index is -0.804. The Labute approximate surface area is 116 Å². The summed E-state index contributed by atoms with van der Waals surface area (Å²) in [5.41, 5.74) is 1.85. The third-order valence-electron chi connectivity index (χ3n) is 2.87. The van der Waals surface area contributed by atoms with E-state index in [1.54, 1.807) is 24.3 Å². The summed E-state index contributed by atoms with van der Waals surface area (Å²) < 4.78 is 18.3. The van der Waals surface area contributed by atoms with Gasteiger partial charge in [-0.15, -0.1) is 0 Å². The number of rotatable bonds is 6. The van der Waals surface area contributed by atoms with Crippen molar-refractivity contribution in [1.82, 2.24) is 0 Å². The van der Waals surface area contributed by atoms with Crippen molar-refractivity contribution in [1.29, 1.82) is 0 Å². The van der Waals surface area contributed by atoms with Crippen LogP contribution in [0.5, 0.6) is 5.75 Å². The first kappa shape index (κ1) is 14.1. The fourth-order valence-corrected chi connectivity index (χ4v) is 1.75. The fraction of sp³-hybridized carbons (Fsp3) is 0.188. The molecule has 0 unspecified atom stereocenters. The number of hydrogen-bond donors (Lipinski definition) is 1. The van der Waals surface area contributed by atoms with Crippen molar-refractivity contribution < 1.29 is 19.0 Å². The van der Waals surface area contributed by atoms with Gasteiger partial charge in [-0.3, -0.25) is 4.79 Å². The number of halogens is 1. The van der Waals surface area contributed by atoms with Gasteiger partial charge in [-0.25, -0.2) is 4.39 Å². The average molecular weight is 274 g/mol. The highest BCUT2D eigenvalue weighted by molar-refractivity contribution is 5.67. The lowest BCUT2D eigenvalue weighted by Crippen LogP contribution is -1.98. The number of carbonyl (C=O) groups is 1. The second-order valence-corrected chi connectivity index (χ2v) is 4.45. The Morgan fingerprint density at radius 1 is 1.00 bits per heavy atom. The molecule has 3 nitrogen and oxygen atoms in total. The zero-order valence-electron chi connectivity index (χ0n) is 10.9. The molecule has 2 aromatic rings. The maximum absolute atomic E-state index is 12.7. The largest absolute Gasteiger partial charge is 0.489 e. The summed E-state index contributed by atoms with van der Waals surface area (Å²) in [6.45, 7) is 0.370. The number of carboxylic acids is 1. The molecule has 0 amide bonds. The summed E-state index contributed by atoms with van der Waals surface area (Å²) in [6, 6.07) is 13.5. The Bertz CT molecular complexity index is 561. The SMILES string of the molecule is O=C(O)CCc1ccc(OCc2ccc(F)cc2)cc1. The van der Waals surface area contributed by atoms with Gasteiger partial charge >= 0.3 is 5.97 Å². The molecule has 2 rings (SSSR count). The second-order valence-electron chi connectivity index (χ2n) is 4.45. The Hall–Kier alpha value is -2.36. The van der Waals surface area contributed by atoms with Crippen molar-refractivity contribution in [2.75, 3.05) is 0 Å². The van der Waals surface area contributed by atoms with Gasteiger partial charge in [0.05, 0.1) is 0 Å². The van der Waals surface area contributed by atoms with Crippen LogP contribution < -0.4 is 4.74 Å². The van der Waals surface area contributed by atoms with E-state index in [1.165, 1.54) is 12.1 Å². The highest BCUT2D eigenvalue weighted by Crippen LogP contribution is 2.15. The molecule has 1 N–H and O–H groups in total. The highest BCUT2D eigenvalue weighted by Gasteiger charge is 2.00. The van der Waals surface area contributed by atoms with Crippen LogP contribution in [-0.4, -0.2) is 11.1 Å². The first-order valence-electron chi connectivity index (χ1n) is 6.31. The molecule has 0 radical (unpaired) electrons. The van der Waals surface area contributed by atoms with Crippen molar-refractivity contribution >= 4 is 5.97 Å². The van der Waals surface area contributed by atoms with Gasteiger partial charge in [0.25, 0.3) is 0 Å². The fourth-order valence-electron chi connectivity index (χ4n) is 1.75. The van der Waals surface area contributed by atoms with Crippen molar-refractivity contribution in [2.45, 2.75) is 19.4 Å². The van der Waals surface area contributed by atoms with Crippen LogP contribution in [0.25, 0.3) is 0 Å². The van der Waals surface area contributed by atoms with Crippen LogP contribution in [-0.2, 0) is 17.8 Å². The Morgan fingerprint density at radius 3 is 2.20 bits per heavy atom. The zero-order valence-corrected chi connectivity index (χ0v) is 10.9. The van der Waals surface area contributed by atoms with Gasteiger partial charge in [-0.1, -0.05) is 24.3 Å². The average Bonchev–Trinajstić information content (AvgIpc) is 2.45. The molecule has 0 saturated heterocycles. The van der Waals surface area contributed by atoms with E-state index in [9.17, 15) is 9.18 Å². The van der Waals surface area contributed by atoms with Crippen molar-refractivity contribution in [3.05, 3.63) is 65.5 Å². The van der Waals surface area contributed by atoms with E-state index in [2.05, 4.69) is 0 Å². The van der Waals surface area contributed by atoms with Crippen LogP contribution in [0, 0.1) is 5.82 Å². The Balaban J connectivity index is 1.87. The minimum absolute atomic E-state index is 0.121. The van der Waals surface area contributed by atoms with Gasteiger partial charge in [0, 0.05) is 6.42 Å². The van der Waals surface area contributed by atoms with Crippen LogP contribution in [0.4, 0.5) is 4.39 Å². The number of carboxylic acid groups (broad SMARTS) is 1. The predicted molar refractivity (Wildman–Crippen MR) is 73.1 cm³/mol. The Morgan fingerprint density at radius 2 is 1.60 bits per heavy atom. The molecule has 0 bridgehead atoms.